The third-order valence-electron chi connectivity index (χ3n) is 2.96. The van der Waals surface area contributed by atoms with E-state index in [1.807, 2.05) is 38.1 Å². The molecule has 0 aliphatic heterocycles. The highest BCUT2D eigenvalue weighted by Gasteiger charge is 2.26. The summed E-state index contributed by atoms with van der Waals surface area (Å²) in [6.45, 7) is 8.41. The van der Waals surface area contributed by atoms with Crippen molar-refractivity contribution < 1.29 is 4.79 Å². The first-order valence-corrected chi connectivity index (χ1v) is 5.73. The lowest BCUT2D eigenvalue weighted by Gasteiger charge is -2.20. The zero-order valence-electron chi connectivity index (χ0n) is 10.6. The number of rotatable bonds is 4. The van der Waals surface area contributed by atoms with Crippen LogP contribution < -0.4 is 5.73 Å². The molecule has 2 N–H and O–H groups in total. The summed E-state index contributed by atoms with van der Waals surface area (Å²) in [6, 6.07) is 7.83. The van der Waals surface area contributed by atoms with Crippen molar-refractivity contribution in [2.24, 2.45) is 11.1 Å². The molecule has 2 heteroatoms. The highest BCUT2D eigenvalue weighted by atomic mass is 16.1. The minimum atomic E-state index is -0.473. The molecule has 0 saturated carbocycles. The Bertz CT molecular complexity index is 363. The maximum absolute atomic E-state index is 12.1. The third-order valence-corrected chi connectivity index (χ3v) is 2.96. The van der Waals surface area contributed by atoms with E-state index in [2.05, 4.69) is 13.8 Å². The lowest BCUT2D eigenvalue weighted by Crippen LogP contribution is -2.32. The maximum atomic E-state index is 12.1. The number of Topliss-reactive ketones (excluding diaryl/α,β-unsaturated/α-hetero) is 1. The van der Waals surface area contributed by atoms with E-state index < -0.39 is 5.41 Å². The van der Waals surface area contributed by atoms with Crippen molar-refractivity contribution in [2.75, 3.05) is 6.54 Å². The molecule has 1 rings (SSSR count). The SMILES string of the molecule is CC(C)c1ccc(C(=O)C(C)(C)CN)cc1. The standard InChI is InChI=1S/C14H21NO/c1-10(2)11-5-7-12(8-6-11)13(16)14(3,4)9-15/h5-8,10H,9,15H2,1-4H3. The van der Waals surface area contributed by atoms with E-state index in [4.69, 9.17) is 5.73 Å². The van der Waals surface area contributed by atoms with Gasteiger partial charge in [0.1, 0.15) is 0 Å². The number of ketones is 1. The highest BCUT2D eigenvalue weighted by Crippen LogP contribution is 2.22. The van der Waals surface area contributed by atoms with Gasteiger partial charge in [-0.2, -0.15) is 0 Å². The number of hydrogen-bond acceptors (Lipinski definition) is 2. The molecule has 0 unspecified atom stereocenters. The largest absolute Gasteiger partial charge is 0.329 e. The first-order valence-electron chi connectivity index (χ1n) is 5.73. The summed E-state index contributed by atoms with van der Waals surface area (Å²) in [4.78, 5) is 12.1. The molecule has 1 aromatic carbocycles. The molecule has 0 aliphatic carbocycles. The number of benzene rings is 1. The predicted octanol–water partition coefficient (Wildman–Crippen LogP) is 2.98. The zero-order valence-corrected chi connectivity index (χ0v) is 10.6. The van der Waals surface area contributed by atoms with Gasteiger partial charge < -0.3 is 5.73 Å². The molecule has 0 aromatic heterocycles. The molecule has 16 heavy (non-hydrogen) atoms. The number of nitrogens with two attached hydrogens (primary N) is 1. The first-order chi connectivity index (χ1) is 7.38. The summed E-state index contributed by atoms with van der Waals surface area (Å²) >= 11 is 0. The first kappa shape index (κ1) is 12.9. The van der Waals surface area contributed by atoms with Crippen LogP contribution in [0, 0.1) is 5.41 Å². The molecule has 0 saturated heterocycles. The maximum Gasteiger partial charge on any atom is 0.169 e. The molecule has 0 fully saturated rings. The second kappa shape index (κ2) is 4.79. The van der Waals surface area contributed by atoms with Crippen LogP contribution in [0.4, 0.5) is 0 Å². The van der Waals surface area contributed by atoms with Gasteiger partial charge in [0, 0.05) is 17.5 Å². The van der Waals surface area contributed by atoms with Crippen molar-refractivity contribution >= 4 is 5.78 Å². The van der Waals surface area contributed by atoms with Crippen LogP contribution >= 0.6 is 0 Å². The minimum Gasteiger partial charge on any atom is -0.329 e. The van der Waals surface area contributed by atoms with Crippen LogP contribution in [0.1, 0.15) is 49.5 Å². The molecule has 1 aromatic rings. The van der Waals surface area contributed by atoms with Gasteiger partial charge in [0.05, 0.1) is 0 Å². The Morgan fingerprint density at radius 3 is 2.12 bits per heavy atom. The molecule has 0 aliphatic rings. The summed E-state index contributed by atoms with van der Waals surface area (Å²) < 4.78 is 0. The quantitative estimate of drug-likeness (QED) is 0.791. The van der Waals surface area contributed by atoms with Gasteiger partial charge in [0.2, 0.25) is 0 Å². The molecule has 0 amide bonds. The molecule has 88 valence electrons. The van der Waals surface area contributed by atoms with E-state index in [1.165, 1.54) is 5.56 Å². The molecule has 0 spiro atoms. The summed E-state index contributed by atoms with van der Waals surface area (Å²) in [5, 5.41) is 0. The third kappa shape index (κ3) is 2.70. The smallest absolute Gasteiger partial charge is 0.169 e. The Labute approximate surface area is 97.9 Å². The van der Waals surface area contributed by atoms with E-state index in [-0.39, 0.29) is 5.78 Å². The summed E-state index contributed by atoms with van der Waals surface area (Å²) in [6.07, 6.45) is 0. The fraction of sp³-hybridized carbons (Fsp3) is 0.500. The Morgan fingerprint density at radius 1 is 1.25 bits per heavy atom. The Kier molecular flexibility index (Phi) is 3.87. The number of carbonyl (C=O) groups is 1. The van der Waals surface area contributed by atoms with Gasteiger partial charge in [-0.15, -0.1) is 0 Å². The molecule has 0 heterocycles. The topological polar surface area (TPSA) is 43.1 Å². The van der Waals surface area contributed by atoms with Crippen LogP contribution in [-0.2, 0) is 0 Å². The minimum absolute atomic E-state index is 0.116. The monoisotopic (exact) mass is 219 g/mol. The van der Waals surface area contributed by atoms with Crippen LogP contribution in [0.5, 0.6) is 0 Å². The molecule has 0 bridgehead atoms. The normalized spacial score (nSPS) is 11.9. The van der Waals surface area contributed by atoms with Crippen molar-refractivity contribution in [1.82, 2.24) is 0 Å². The lowest BCUT2D eigenvalue weighted by atomic mass is 9.84. The van der Waals surface area contributed by atoms with Gasteiger partial charge in [-0.25, -0.2) is 0 Å². The van der Waals surface area contributed by atoms with Crippen LogP contribution in [0.15, 0.2) is 24.3 Å². The Balaban J connectivity index is 2.94. The van der Waals surface area contributed by atoms with Crippen LogP contribution in [-0.4, -0.2) is 12.3 Å². The zero-order chi connectivity index (χ0) is 12.3. The van der Waals surface area contributed by atoms with Crippen molar-refractivity contribution in [3.05, 3.63) is 35.4 Å². The molecule has 0 atom stereocenters. The average Bonchev–Trinajstić information content (AvgIpc) is 2.28. The van der Waals surface area contributed by atoms with Crippen LogP contribution in [0.2, 0.25) is 0 Å². The molecular weight excluding hydrogens is 198 g/mol. The molecule has 2 nitrogen and oxygen atoms in total. The van der Waals surface area contributed by atoms with Crippen molar-refractivity contribution in [1.29, 1.82) is 0 Å². The second-order valence-electron chi connectivity index (χ2n) is 5.19. The van der Waals surface area contributed by atoms with Crippen molar-refractivity contribution in [2.45, 2.75) is 33.6 Å². The van der Waals surface area contributed by atoms with Gasteiger partial charge in [-0.3, -0.25) is 4.79 Å². The Morgan fingerprint density at radius 2 is 1.75 bits per heavy atom. The van der Waals surface area contributed by atoms with Gasteiger partial charge in [0.25, 0.3) is 0 Å². The van der Waals surface area contributed by atoms with Crippen LogP contribution in [0.25, 0.3) is 0 Å². The molecular formula is C14H21NO. The van der Waals surface area contributed by atoms with Gasteiger partial charge >= 0.3 is 0 Å². The van der Waals surface area contributed by atoms with Crippen molar-refractivity contribution in [3.63, 3.8) is 0 Å². The molecule has 0 radical (unpaired) electrons. The second-order valence-corrected chi connectivity index (χ2v) is 5.19. The van der Waals surface area contributed by atoms with Gasteiger partial charge in [-0.05, 0) is 11.5 Å². The fourth-order valence-electron chi connectivity index (χ4n) is 1.50. The summed E-state index contributed by atoms with van der Waals surface area (Å²) in [5.41, 5.74) is 7.13. The fourth-order valence-corrected chi connectivity index (χ4v) is 1.50. The summed E-state index contributed by atoms with van der Waals surface area (Å²) in [5.74, 6) is 0.608. The number of hydrogen-bond donors (Lipinski definition) is 1. The van der Waals surface area contributed by atoms with E-state index in [0.717, 1.165) is 5.56 Å². The van der Waals surface area contributed by atoms with E-state index in [9.17, 15) is 4.79 Å². The van der Waals surface area contributed by atoms with E-state index in [1.54, 1.807) is 0 Å². The highest BCUT2D eigenvalue weighted by molar-refractivity contribution is 6.00. The van der Waals surface area contributed by atoms with E-state index >= 15 is 0 Å². The predicted molar refractivity (Wildman–Crippen MR) is 67.7 cm³/mol. The summed E-state index contributed by atoms with van der Waals surface area (Å²) in [7, 11) is 0. The Hall–Kier alpha value is -1.15. The van der Waals surface area contributed by atoms with Crippen molar-refractivity contribution in [3.8, 4) is 0 Å². The van der Waals surface area contributed by atoms with Gasteiger partial charge in [-0.1, -0.05) is 52.0 Å². The lowest BCUT2D eigenvalue weighted by molar-refractivity contribution is 0.0847. The van der Waals surface area contributed by atoms with E-state index in [0.29, 0.717) is 12.5 Å². The number of carbonyl (C=O) groups excluding carboxylic acids is 1. The van der Waals surface area contributed by atoms with Gasteiger partial charge in [0.15, 0.2) is 5.78 Å². The average molecular weight is 219 g/mol. The van der Waals surface area contributed by atoms with Crippen LogP contribution in [0.3, 0.4) is 0 Å².